The molecule has 0 bridgehead atoms. The van der Waals surface area contributed by atoms with E-state index in [1.54, 1.807) is 5.32 Å². The average Bonchev–Trinajstić information content (AvgIpc) is 1.82. The van der Waals surface area contributed by atoms with E-state index < -0.39 is 24.3 Å². The summed E-state index contributed by atoms with van der Waals surface area (Å²) in [5.74, 6) is -0.892. The molecule has 2 atom stereocenters. The van der Waals surface area contributed by atoms with Crippen molar-refractivity contribution in [3.8, 4) is 0 Å². The van der Waals surface area contributed by atoms with Gasteiger partial charge in [0.1, 0.15) is 0 Å². The molecule has 0 aromatic rings. The van der Waals surface area contributed by atoms with Crippen molar-refractivity contribution in [2.75, 3.05) is 0 Å². The lowest BCUT2D eigenvalue weighted by molar-refractivity contribution is -0.137. The molecule has 10 heavy (non-hydrogen) atoms. The van der Waals surface area contributed by atoms with Gasteiger partial charge in [-0.15, -0.1) is 0 Å². The van der Waals surface area contributed by atoms with Crippen LogP contribution in [0.2, 0.25) is 0 Å². The van der Waals surface area contributed by atoms with Gasteiger partial charge in [0, 0.05) is 0 Å². The summed E-state index contributed by atoms with van der Waals surface area (Å²) in [6, 6.07) is -0.803. The van der Waals surface area contributed by atoms with Crippen molar-refractivity contribution in [3.63, 3.8) is 0 Å². The van der Waals surface area contributed by atoms with E-state index in [0.29, 0.717) is 0 Å². The van der Waals surface area contributed by atoms with E-state index in [4.69, 9.17) is 10.2 Å². The fraction of sp³-hybridized carbons (Fsp3) is 0.500. The second kappa shape index (κ2) is 2.24. The molecule has 0 aromatic heterocycles. The zero-order valence-electron chi connectivity index (χ0n) is 4.87. The summed E-state index contributed by atoms with van der Waals surface area (Å²) in [4.78, 5) is 20.7. The molecule has 0 radical (unpaired) electrons. The van der Waals surface area contributed by atoms with Crippen LogP contribution in [0.4, 0.5) is 4.79 Å². The molecule has 0 unspecified atom stereocenters. The van der Waals surface area contributed by atoms with Crippen molar-refractivity contribution in [2.45, 2.75) is 12.3 Å². The molecule has 1 rings (SSSR count). The van der Waals surface area contributed by atoms with E-state index in [9.17, 15) is 9.59 Å². The highest BCUT2D eigenvalue weighted by molar-refractivity contribution is 5.99. The molecule has 6 nitrogen and oxygen atoms in total. The highest BCUT2D eigenvalue weighted by Gasteiger charge is 2.31. The van der Waals surface area contributed by atoms with Crippen LogP contribution < -0.4 is 10.6 Å². The number of rotatable bonds is 0. The van der Waals surface area contributed by atoms with Gasteiger partial charge in [-0.25, -0.2) is 4.79 Å². The second-order valence-electron chi connectivity index (χ2n) is 1.85. The molecule has 1 aliphatic rings. The van der Waals surface area contributed by atoms with Crippen molar-refractivity contribution in [1.29, 1.82) is 0 Å². The van der Waals surface area contributed by atoms with Crippen molar-refractivity contribution in [3.05, 3.63) is 0 Å². The van der Waals surface area contributed by atoms with Crippen LogP contribution in [-0.2, 0) is 4.79 Å². The smallest absolute Gasteiger partial charge is 0.323 e. The van der Waals surface area contributed by atoms with Gasteiger partial charge in [-0.05, 0) is 0 Å². The molecule has 1 fully saturated rings. The minimum Gasteiger partial charge on any atom is -0.379 e. The molecule has 0 aliphatic carbocycles. The van der Waals surface area contributed by atoms with Crippen LogP contribution in [0.1, 0.15) is 0 Å². The van der Waals surface area contributed by atoms with Crippen molar-refractivity contribution < 1.29 is 19.8 Å². The third-order valence-electron chi connectivity index (χ3n) is 1.08. The molecule has 6 heteroatoms. The lowest BCUT2D eigenvalue weighted by atomic mass is 10.2. The molecule has 1 saturated heterocycles. The maximum atomic E-state index is 10.4. The summed E-state index contributed by atoms with van der Waals surface area (Å²) in [5.41, 5.74) is 0. The molecule has 56 valence electrons. The normalized spacial score (nSPS) is 33.0. The van der Waals surface area contributed by atoms with E-state index in [2.05, 4.69) is 0 Å². The SMILES string of the molecule is O=C1NC(=O)[C@@H](O)[C@H](O)N1. The number of carbonyl (C=O) groups is 2. The number of hydrogen-bond donors (Lipinski definition) is 4. The van der Waals surface area contributed by atoms with E-state index >= 15 is 0 Å². The number of hydrogen-bond acceptors (Lipinski definition) is 4. The molecule has 0 spiro atoms. The fourth-order valence-corrected chi connectivity index (χ4v) is 0.579. The summed E-state index contributed by atoms with van der Waals surface area (Å²) in [5, 5.41) is 21.0. The van der Waals surface area contributed by atoms with Gasteiger partial charge in [0.25, 0.3) is 5.91 Å². The zero-order chi connectivity index (χ0) is 7.72. The van der Waals surface area contributed by atoms with Crippen LogP contribution in [0, 0.1) is 0 Å². The third-order valence-corrected chi connectivity index (χ3v) is 1.08. The first-order chi connectivity index (χ1) is 4.61. The minimum atomic E-state index is -1.57. The van der Waals surface area contributed by atoms with Crippen molar-refractivity contribution in [1.82, 2.24) is 10.6 Å². The molecule has 1 aliphatic heterocycles. The van der Waals surface area contributed by atoms with E-state index in [1.807, 2.05) is 5.32 Å². The van der Waals surface area contributed by atoms with Crippen LogP contribution in [0.5, 0.6) is 0 Å². The van der Waals surface area contributed by atoms with Crippen LogP contribution in [0.25, 0.3) is 0 Å². The van der Waals surface area contributed by atoms with Crippen molar-refractivity contribution in [2.24, 2.45) is 0 Å². The van der Waals surface area contributed by atoms with E-state index in [1.165, 1.54) is 0 Å². The Kier molecular flexibility index (Phi) is 1.56. The third kappa shape index (κ3) is 1.07. The fourth-order valence-electron chi connectivity index (χ4n) is 0.579. The maximum absolute atomic E-state index is 10.4. The molecular weight excluding hydrogens is 140 g/mol. The topological polar surface area (TPSA) is 98.7 Å². The summed E-state index contributed by atoms with van der Waals surface area (Å²) in [6.07, 6.45) is -3.07. The summed E-state index contributed by atoms with van der Waals surface area (Å²) in [7, 11) is 0. The Morgan fingerprint density at radius 1 is 1.30 bits per heavy atom. The number of aliphatic hydroxyl groups excluding tert-OH is 2. The molecular formula is C4H6N2O4. The molecule has 1 heterocycles. The molecule has 0 saturated carbocycles. The van der Waals surface area contributed by atoms with Gasteiger partial charge in [0.15, 0.2) is 12.3 Å². The largest absolute Gasteiger partial charge is 0.379 e. The average molecular weight is 146 g/mol. The van der Waals surface area contributed by atoms with Gasteiger partial charge < -0.3 is 15.5 Å². The lowest BCUT2D eigenvalue weighted by Crippen LogP contribution is -2.60. The molecule has 4 N–H and O–H groups in total. The first kappa shape index (κ1) is 6.97. The summed E-state index contributed by atoms with van der Waals surface area (Å²) >= 11 is 0. The van der Waals surface area contributed by atoms with Crippen molar-refractivity contribution >= 4 is 11.9 Å². The van der Waals surface area contributed by atoms with Gasteiger partial charge in [-0.2, -0.15) is 0 Å². The van der Waals surface area contributed by atoms with Gasteiger partial charge >= 0.3 is 6.03 Å². The van der Waals surface area contributed by atoms with Gasteiger partial charge in [-0.1, -0.05) is 0 Å². The van der Waals surface area contributed by atoms with Gasteiger partial charge in [0.2, 0.25) is 0 Å². The maximum Gasteiger partial charge on any atom is 0.323 e. The number of carbonyl (C=O) groups excluding carboxylic acids is 2. The highest BCUT2D eigenvalue weighted by Crippen LogP contribution is 1.94. The number of amides is 3. The Labute approximate surface area is 55.8 Å². The van der Waals surface area contributed by atoms with Gasteiger partial charge in [-0.3, -0.25) is 10.1 Å². The van der Waals surface area contributed by atoms with Crippen LogP contribution in [0.3, 0.4) is 0 Å². The predicted molar refractivity (Wildman–Crippen MR) is 28.7 cm³/mol. The number of urea groups is 1. The Balaban J connectivity index is 2.66. The first-order valence-corrected chi connectivity index (χ1v) is 2.59. The number of imide groups is 1. The predicted octanol–water partition coefficient (Wildman–Crippen LogP) is -2.49. The Morgan fingerprint density at radius 3 is 2.40 bits per heavy atom. The highest BCUT2D eigenvalue weighted by atomic mass is 16.4. The zero-order valence-corrected chi connectivity index (χ0v) is 4.87. The molecule has 0 aromatic carbocycles. The summed E-state index contributed by atoms with van der Waals surface area (Å²) < 4.78 is 0. The standard InChI is InChI=1S/C4H6N2O4/c7-1-2(8)5-4(10)6-3(1)9/h1-2,7-8H,(H2,5,6,9,10)/t1-,2-/m0/s1. The van der Waals surface area contributed by atoms with E-state index in [-0.39, 0.29) is 0 Å². The summed E-state index contributed by atoms with van der Waals surface area (Å²) in [6.45, 7) is 0. The lowest BCUT2D eigenvalue weighted by Gasteiger charge is -2.22. The molecule has 3 amide bonds. The van der Waals surface area contributed by atoms with Gasteiger partial charge in [0.05, 0.1) is 0 Å². The number of nitrogens with one attached hydrogen (secondary N) is 2. The Morgan fingerprint density at radius 2 is 1.90 bits per heavy atom. The van der Waals surface area contributed by atoms with E-state index in [0.717, 1.165) is 0 Å². The second-order valence-corrected chi connectivity index (χ2v) is 1.85. The first-order valence-electron chi connectivity index (χ1n) is 2.59. The minimum absolute atomic E-state index is 0.803. The van der Waals surface area contributed by atoms with Crippen LogP contribution in [0.15, 0.2) is 0 Å². The Hall–Kier alpha value is -1.14. The monoisotopic (exact) mass is 146 g/mol. The number of aliphatic hydroxyl groups is 2. The quantitative estimate of drug-likeness (QED) is 0.303. The van der Waals surface area contributed by atoms with Crippen LogP contribution >= 0.6 is 0 Å². The Bertz CT molecular complexity index is 180. The van der Waals surface area contributed by atoms with Crippen LogP contribution in [-0.4, -0.2) is 34.5 Å².